The lowest BCUT2D eigenvalue weighted by atomic mass is 10.2. The third-order valence-corrected chi connectivity index (χ3v) is 3.38. The smallest absolute Gasteiger partial charge is 0.165 e. The maximum Gasteiger partial charge on any atom is 0.165 e. The number of nitrogens with zero attached hydrogens (tertiary/aromatic N) is 5. The van der Waals surface area contributed by atoms with E-state index in [0.717, 1.165) is 38.4 Å². The van der Waals surface area contributed by atoms with E-state index in [9.17, 15) is 0 Å². The Balaban J connectivity index is 1.90. The molecule has 1 unspecified atom stereocenters. The molecule has 0 spiro atoms. The minimum absolute atomic E-state index is 0.617. The number of hydrogen-bond acceptors (Lipinski definition) is 5. The molecule has 1 atom stereocenters. The van der Waals surface area contributed by atoms with Crippen molar-refractivity contribution < 1.29 is 0 Å². The average Bonchev–Trinajstić information content (AvgIpc) is 2.97. The quantitative estimate of drug-likeness (QED) is 0.771. The zero-order chi connectivity index (χ0) is 12.1. The topological polar surface area (TPSA) is 58.9 Å². The van der Waals surface area contributed by atoms with E-state index < -0.39 is 0 Å². The number of rotatable bonds is 6. The van der Waals surface area contributed by atoms with Gasteiger partial charge in [0.15, 0.2) is 5.82 Å². The van der Waals surface area contributed by atoms with E-state index in [0.29, 0.717) is 6.04 Å². The Morgan fingerprint density at radius 3 is 3.12 bits per heavy atom. The first kappa shape index (κ1) is 12.4. The molecule has 6 heteroatoms. The second-order valence-electron chi connectivity index (χ2n) is 4.73. The molecule has 0 aromatic carbocycles. The first-order chi connectivity index (χ1) is 8.31. The predicted molar refractivity (Wildman–Crippen MR) is 65.5 cm³/mol. The van der Waals surface area contributed by atoms with Crippen molar-refractivity contribution in [2.75, 3.05) is 20.1 Å². The predicted octanol–water partition coefficient (Wildman–Crippen LogP) is 0.267. The van der Waals surface area contributed by atoms with Crippen LogP contribution < -0.4 is 5.32 Å². The summed E-state index contributed by atoms with van der Waals surface area (Å²) in [4.78, 5) is 2.34. The number of unbranched alkanes of at least 4 members (excludes halogenated alkanes) is 1. The molecule has 0 aliphatic carbocycles. The van der Waals surface area contributed by atoms with Crippen molar-refractivity contribution >= 4 is 0 Å². The van der Waals surface area contributed by atoms with Gasteiger partial charge >= 0.3 is 0 Å². The van der Waals surface area contributed by atoms with Crippen LogP contribution in [0.1, 0.15) is 32.0 Å². The summed E-state index contributed by atoms with van der Waals surface area (Å²) in [6.45, 7) is 6.14. The van der Waals surface area contributed by atoms with E-state index in [2.05, 4.69) is 39.7 Å². The van der Waals surface area contributed by atoms with Crippen molar-refractivity contribution in [3.05, 3.63) is 5.82 Å². The largest absolute Gasteiger partial charge is 0.315 e. The summed E-state index contributed by atoms with van der Waals surface area (Å²) in [6.07, 6.45) is 3.52. The SMILES string of the molecule is CCCCn1nnnc1CN(C)C1CCNC1. The molecule has 2 rings (SSSR count). The van der Waals surface area contributed by atoms with Crippen molar-refractivity contribution in [3.8, 4) is 0 Å². The highest BCUT2D eigenvalue weighted by molar-refractivity contribution is 4.85. The molecule has 6 nitrogen and oxygen atoms in total. The highest BCUT2D eigenvalue weighted by atomic mass is 15.5. The maximum absolute atomic E-state index is 4.12. The van der Waals surface area contributed by atoms with Gasteiger partial charge in [-0.2, -0.15) is 0 Å². The summed E-state index contributed by atoms with van der Waals surface area (Å²) in [5.74, 6) is 0.979. The summed E-state index contributed by atoms with van der Waals surface area (Å²) in [5, 5.41) is 15.3. The molecule has 0 amide bonds. The van der Waals surface area contributed by atoms with Gasteiger partial charge in [-0.1, -0.05) is 13.3 Å². The van der Waals surface area contributed by atoms with Crippen LogP contribution in [0.5, 0.6) is 0 Å². The Morgan fingerprint density at radius 1 is 1.53 bits per heavy atom. The van der Waals surface area contributed by atoms with Crippen LogP contribution in [0.15, 0.2) is 0 Å². The fraction of sp³-hybridized carbons (Fsp3) is 0.909. The van der Waals surface area contributed by atoms with Gasteiger partial charge in [0.05, 0.1) is 6.54 Å². The maximum atomic E-state index is 4.12. The molecule has 1 aromatic rings. The minimum Gasteiger partial charge on any atom is -0.315 e. The Hall–Kier alpha value is -1.01. The molecule has 1 aliphatic heterocycles. The van der Waals surface area contributed by atoms with Gasteiger partial charge in [-0.3, -0.25) is 4.90 Å². The van der Waals surface area contributed by atoms with Gasteiger partial charge in [-0.25, -0.2) is 4.68 Å². The van der Waals surface area contributed by atoms with E-state index in [1.807, 2.05) is 4.68 Å². The van der Waals surface area contributed by atoms with E-state index in [-0.39, 0.29) is 0 Å². The fourth-order valence-electron chi connectivity index (χ4n) is 2.19. The minimum atomic E-state index is 0.617. The van der Waals surface area contributed by atoms with Gasteiger partial charge in [0.25, 0.3) is 0 Å². The lowest BCUT2D eigenvalue weighted by Crippen LogP contribution is -2.33. The average molecular weight is 238 g/mol. The van der Waals surface area contributed by atoms with Crippen LogP contribution in [-0.2, 0) is 13.1 Å². The van der Waals surface area contributed by atoms with Gasteiger partial charge in [-0.15, -0.1) is 5.10 Å². The summed E-state index contributed by atoms with van der Waals surface area (Å²) in [6, 6.07) is 0.617. The van der Waals surface area contributed by atoms with Crippen molar-refractivity contribution in [1.29, 1.82) is 0 Å². The molecular formula is C11H22N6. The number of likely N-dealkylation sites (N-methyl/N-ethyl adjacent to an activating group) is 1. The van der Waals surface area contributed by atoms with Gasteiger partial charge in [-0.05, 0) is 36.9 Å². The molecule has 2 heterocycles. The van der Waals surface area contributed by atoms with Crippen LogP contribution in [0.3, 0.4) is 0 Å². The molecule has 17 heavy (non-hydrogen) atoms. The van der Waals surface area contributed by atoms with E-state index in [1.165, 1.54) is 12.8 Å². The fourth-order valence-corrected chi connectivity index (χ4v) is 2.19. The number of hydrogen-bond donors (Lipinski definition) is 1. The van der Waals surface area contributed by atoms with Gasteiger partial charge in [0, 0.05) is 19.1 Å². The van der Waals surface area contributed by atoms with E-state index in [1.54, 1.807) is 0 Å². The molecule has 1 N–H and O–H groups in total. The van der Waals surface area contributed by atoms with Gasteiger partial charge in [0.2, 0.25) is 0 Å². The molecule has 1 saturated heterocycles. The Morgan fingerprint density at radius 2 is 2.41 bits per heavy atom. The van der Waals surface area contributed by atoms with E-state index in [4.69, 9.17) is 0 Å². The van der Waals surface area contributed by atoms with Gasteiger partial charge < -0.3 is 5.32 Å². The van der Waals surface area contributed by atoms with Gasteiger partial charge in [0.1, 0.15) is 0 Å². The Kier molecular flexibility index (Phi) is 4.44. The highest BCUT2D eigenvalue weighted by Crippen LogP contribution is 2.09. The first-order valence-electron chi connectivity index (χ1n) is 6.47. The molecule has 1 fully saturated rings. The van der Waals surface area contributed by atoms with Crippen molar-refractivity contribution in [3.63, 3.8) is 0 Å². The van der Waals surface area contributed by atoms with E-state index >= 15 is 0 Å². The molecule has 96 valence electrons. The zero-order valence-electron chi connectivity index (χ0n) is 10.8. The molecular weight excluding hydrogens is 216 g/mol. The first-order valence-corrected chi connectivity index (χ1v) is 6.47. The highest BCUT2D eigenvalue weighted by Gasteiger charge is 2.20. The monoisotopic (exact) mass is 238 g/mol. The third kappa shape index (κ3) is 3.23. The van der Waals surface area contributed by atoms with Crippen molar-refractivity contribution in [1.82, 2.24) is 30.4 Å². The van der Waals surface area contributed by atoms with Crippen LogP contribution in [0.4, 0.5) is 0 Å². The number of nitrogens with one attached hydrogen (secondary N) is 1. The lowest BCUT2D eigenvalue weighted by molar-refractivity contribution is 0.238. The summed E-state index contributed by atoms with van der Waals surface area (Å²) < 4.78 is 1.93. The second kappa shape index (κ2) is 6.07. The second-order valence-corrected chi connectivity index (χ2v) is 4.73. The zero-order valence-corrected chi connectivity index (χ0v) is 10.8. The molecule has 1 aromatic heterocycles. The summed E-state index contributed by atoms with van der Waals surface area (Å²) in [5.41, 5.74) is 0. The number of tetrazole rings is 1. The van der Waals surface area contributed by atoms with Crippen LogP contribution in [0.2, 0.25) is 0 Å². The van der Waals surface area contributed by atoms with Crippen LogP contribution in [-0.4, -0.2) is 51.3 Å². The Bertz CT molecular complexity index is 330. The molecule has 0 radical (unpaired) electrons. The van der Waals surface area contributed by atoms with Crippen LogP contribution in [0, 0.1) is 0 Å². The standard InChI is InChI=1S/C11H22N6/c1-3-4-7-17-11(13-14-15-17)9-16(2)10-5-6-12-8-10/h10,12H,3-9H2,1-2H3. The van der Waals surface area contributed by atoms with Crippen LogP contribution >= 0.6 is 0 Å². The van der Waals surface area contributed by atoms with Crippen LogP contribution in [0.25, 0.3) is 0 Å². The van der Waals surface area contributed by atoms with Crippen molar-refractivity contribution in [2.24, 2.45) is 0 Å². The summed E-state index contributed by atoms with van der Waals surface area (Å²) in [7, 11) is 2.15. The van der Waals surface area contributed by atoms with Crippen molar-refractivity contribution in [2.45, 2.75) is 45.3 Å². The lowest BCUT2D eigenvalue weighted by Gasteiger charge is -2.22. The number of aromatic nitrogens is 4. The Labute approximate surface area is 102 Å². The molecule has 0 bridgehead atoms. The molecule has 1 aliphatic rings. The molecule has 0 saturated carbocycles. The normalized spacial score (nSPS) is 20.3. The number of aryl methyl sites for hydroxylation is 1. The summed E-state index contributed by atoms with van der Waals surface area (Å²) >= 11 is 0. The third-order valence-electron chi connectivity index (χ3n) is 3.38.